The van der Waals surface area contributed by atoms with E-state index in [9.17, 15) is 87.8 Å². The van der Waals surface area contributed by atoms with E-state index in [2.05, 4.69) is 20.3 Å². The molecule has 0 fully saturated rings. The predicted octanol–water partition coefficient (Wildman–Crippen LogP) is 10.5. The quantitative estimate of drug-likeness (QED) is 0.106. The number of aromatic amines is 1. The molecule has 6 nitrogen and oxygen atoms in total. The topological polar surface area (TPSA) is 72.3 Å². The average Bonchev–Trinajstić information content (AvgIpc) is 3.89. The lowest BCUT2D eigenvalue weighted by molar-refractivity contribution is 0.380. The van der Waals surface area contributed by atoms with E-state index in [1.807, 2.05) is 0 Å². The summed E-state index contributed by atoms with van der Waals surface area (Å²) in [4.78, 5) is 3.08. The van der Waals surface area contributed by atoms with Gasteiger partial charge in [0.25, 0.3) is 0 Å². The van der Waals surface area contributed by atoms with Crippen molar-refractivity contribution in [1.82, 2.24) is 29.9 Å². The Kier molecular flexibility index (Phi) is 11.1. The molecule has 7 rings (SSSR count). The summed E-state index contributed by atoms with van der Waals surface area (Å²) in [6.45, 7) is 0. The highest BCUT2D eigenvalue weighted by molar-refractivity contribution is 5.69. The summed E-state index contributed by atoms with van der Waals surface area (Å²) in [6, 6.07) is 6.27. The van der Waals surface area contributed by atoms with Crippen LogP contribution in [0.15, 0.2) is 30.3 Å². The summed E-state index contributed by atoms with van der Waals surface area (Å²) in [5.74, 6) is -52.5. The van der Waals surface area contributed by atoms with Gasteiger partial charge in [0.05, 0.1) is 22.3 Å². The zero-order valence-electron chi connectivity index (χ0n) is 27.7. The Balaban J connectivity index is 0.000000205. The summed E-state index contributed by atoms with van der Waals surface area (Å²) < 4.78 is 274. The van der Waals surface area contributed by atoms with Gasteiger partial charge in [-0.1, -0.05) is 18.2 Å². The van der Waals surface area contributed by atoms with Crippen molar-refractivity contribution < 1.29 is 87.8 Å². The number of hydrogen-bond acceptors (Lipinski definition) is 4. The molecule has 26 heteroatoms. The fourth-order valence-corrected chi connectivity index (χ4v) is 5.13. The van der Waals surface area contributed by atoms with Crippen molar-refractivity contribution in [2.24, 2.45) is 0 Å². The molecule has 2 heterocycles. The molecule has 0 radical (unpaired) electrons. The Morgan fingerprint density at radius 2 is 0.617 bits per heavy atom. The van der Waals surface area contributed by atoms with Crippen LogP contribution in [0, 0.1) is 116 Å². The van der Waals surface area contributed by atoms with Crippen molar-refractivity contribution in [3.05, 3.63) is 147 Å². The summed E-state index contributed by atoms with van der Waals surface area (Å²) in [5.41, 5.74) is -6.86. The molecule has 0 saturated carbocycles. The highest BCUT2D eigenvalue weighted by Crippen LogP contribution is 2.38. The Bertz CT molecular complexity index is 2610. The molecule has 0 saturated heterocycles. The standard InChI is InChI=1S/C20H5F10N3.C14HF10N3/c21-9-7(10(22)14(26)17(29)13(9)25)19-31-32-20(33(19)6-4-2-1-3-5-6)8-11(23)15(27)18(30)16(28)12(8)24;15-3-1(4(16)8(20)11(23)7(3)19)13-25-14(27-26-13)2-5(17)9(21)12(24)10(22)6(2)18/h1-5H;(H,25,26,27). The van der Waals surface area contributed by atoms with Gasteiger partial charge < -0.3 is 0 Å². The van der Waals surface area contributed by atoms with Gasteiger partial charge in [0.1, 0.15) is 0 Å². The highest BCUT2D eigenvalue weighted by atomic mass is 19.2. The Morgan fingerprint density at radius 1 is 0.333 bits per heavy atom. The third kappa shape index (κ3) is 6.59. The third-order valence-corrected chi connectivity index (χ3v) is 7.91. The molecule has 312 valence electrons. The minimum atomic E-state index is -2.49. The molecule has 0 aliphatic heterocycles. The van der Waals surface area contributed by atoms with Crippen LogP contribution in [0.5, 0.6) is 0 Å². The van der Waals surface area contributed by atoms with Gasteiger partial charge in [-0.05, 0) is 12.1 Å². The van der Waals surface area contributed by atoms with Crippen LogP contribution in [0.4, 0.5) is 87.8 Å². The number of para-hydroxylation sites is 1. The fraction of sp³-hybridized carbons (Fsp3) is 0. The van der Waals surface area contributed by atoms with Crippen molar-refractivity contribution in [2.75, 3.05) is 0 Å². The molecule has 60 heavy (non-hydrogen) atoms. The molecule has 5 aromatic carbocycles. The maximum Gasteiger partial charge on any atom is 0.200 e. The van der Waals surface area contributed by atoms with Crippen LogP contribution in [0.25, 0.3) is 51.2 Å². The van der Waals surface area contributed by atoms with Crippen LogP contribution in [-0.4, -0.2) is 29.9 Å². The average molecular weight is 878 g/mol. The monoisotopic (exact) mass is 878 g/mol. The Labute approximate surface area is 316 Å². The number of nitrogens with one attached hydrogen (secondary N) is 1. The van der Waals surface area contributed by atoms with E-state index in [0.29, 0.717) is 4.57 Å². The molecule has 0 aliphatic rings. The lowest BCUT2D eigenvalue weighted by Crippen LogP contribution is -2.10. The number of H-pyrrole nitrogens is 1. The van der Waals surface area contributed by atoms with Crippen LogP contribution in [-0.2, 0) is 0 Å². The second kappa shape index (κ2) is 15.6. The molecule has 0 spiro atoms. The summed E-state index contributed by atoms with van der Waals surface area (Å²) in [6.07, 6.45) is 0. The van der Waals surface area contributed by atoms with E-state index in [1.165, 1.54) is 18.2 Å². The molecule has 0 aliphatic carbocycles. The van der Waals surface area contributed by atoms with Gasteiger partial charge >= 0.3 is 0 Å². The van der Waals surface area contributed by atoms with Crippen molar-refractivity contribution in [1.29, 1.82) is 0 Å². The number of benzene rings is 5. The maximum absolute atomic E-state index is 14.4. The van der Waals surface area contributed by atoms with Gasteiger partial charge in [-0.25, -0.2) is 92.8 Å². The molecule has 2 aromatic heterocycles. The molecule has 1 N–H and O–H groups in total. The van der Waals surface area contributed by atoms with E-state index < -0.39 is 162 Å². The molecule has 0 amide bonds. The maximum atomic E-state index is 14.4. The first kappa shape index (κ1) is 42.6. The second-order valence-corrected chi connectivity index (χ2v) is 11.3. The molecule has 7 aromatic rings. The van der Waals surface area contributed by atoms with Crippen LogP contribution in [0.2, 0.25) is 0 Å². The first-order valence-corrected chi connectivity index (χ1v) is 15.2. The van der Waals surface area contributed by atoms with Crippen molar-refractivity contribution in [2.45, 2.75) is 0 Å². The van der Waals surface area contributed by atoms with Gasteiger partial charge in [0.15, 0.2) is 116 Å². The lowest BCUT2D eigenvalue weighted by atomic mass is 10.1. The summed E-state index contributed by atoms with van der Waals surface area (Å²) in [7, 11) is 0. The highest BCUT2D eigenvalue weighted by Gasteiger charge is 2.35. The number of hydrogen-bond donors (Lipinski definition) is 1. The zero-order valence-corrected chi connectivity index (χ0v) is 27.7. The van der Waals surface area contributed by atoms with E-state index in [1.54, 1.807) is 5.10 Å². The molecular formula is C34H6F20N6. The summed E-state index contributed by atoms with van der Waals surface area (Å²) in [5, 5.41) is 11.1. The van der Waals surface area contributed by atoms with Crippen molar-refractivity contribution in [3.63, 3.8) is 0 Å². The van der Waals surface area contributed by atoms with Crippen LogP contribution < -0.4 is 0 Å². The number of nitrogens with zero attached hydrogens (tertiary/aromatic N) is 5. The van der Waals surface area contributed by atoms with Crippen molar-refractivity contribution >= 4 is 0 Å². The van der Waals surface area contributed by atoms with Crippen molar-refractivity contribution in [3.8, 4) is 51.2 Å². The van der Waals surface area contributed by atoms with Gasteiger partial charge in [0.2, 0.25) is 23.3 Å². The van der Waals surface area contributed by atoms with Crippen LogP contribution >= 0.6 is 0 Å². The zero-order chi connectivity index (χ0) is 44.4. The Morgan fingerprint density at radius 3 is 0.950 bits per heavy atom. The molecule has 0 atom stereocenters. The van der Waals surface area contributed by atoms with Crippen LogP contribution in [0.3, 0.4) is 0 Å². The molecule has 0 unspecified atom stereocenters. The predicted molar refractivity (Wildman–Crippen MR) is 159 cm³/mol. The van der Waals surface area contributed by atoms with E-state index in [4.69, 9.17) is 0 Å². The SMILES string of the molecule is Fc1c(F)c(F)c(-c2n[nH]c(-c3c(F)c(F)c(F)c(F)c3F)n2)c(F)c1F.Fc1c(F)c(F)c(-c2nnc(-c3c(F)c(F)c(F)c(F)c3F)n2-c2ccccc2)c(F)c1F. The fourth-order valence-electron chi connectivity index (χ4n) is 5.13. The summed E-state index contributed by atoms with van der Waals surface area (Å²) >= 11 is 0. The van der Waals surface area contributed by atoms with Gasteiger partial charge in [0, 0.05) is 5.69 Å². The minimum absolute atomic E-state index is 0.264. The van der Waals surface area contributed by atoms with Gasteiger partial charge in [-0.2, -0.15) is 5.10 Å². The second-order valence-electron chi connectivity index (χ2n) is 11.3. The number of aromatic nitrogens is 6. The van der Waals surface area contributed by atoms with E-state index in [0.717, 1.165) is 12.1 Å². The number of rotatable bonds is 5. The smallest absolute Gasteiger partial charge is 0.200 e. The van der Waals surface area contributed by atoms with Gasteiger partial charge in [-0.15, -0.1) is 10.2 Å². The van der Waals surface area contributed by atoms with Gasteiger partial charge in [-0.3, -0.25) is 9.67 Å². The lowest BCUT2D eigenvalue weighted by Gasteiger charge is -2.14. The number of halogens is 20. The van der Waals surface area contributed by atoms with E-state index >= 15 is 0 Å². The molecular weight excluding hydrogens is 872 g/mol. The normalized spacial score (nSPS) is 11.3. The third-order valence-electron chi connectivity index (χ3n) is 7.91. The minimum Gasteiger partial charge on any atom is -0.275 e. The Hall–Kier alpha value is -7.02. The molecule has 0 bridgehead atoms. The van der Waals surface area contributed by atoms with E-state index in [-0.39, 0.29) is 5.69 Å². The van der Waals surface area contributed by atoms with Crippen LogP contribution in [0.1, 0.15) is 0 Å². The first-order chi connectivity index (χ1) is 28.1. The largest absolute Gasteiger partial charge is 0.275 e. The first-order valence-electron chi connectivity index (χ1n) is 15.2.